The summed E-state index contributed by atoms with van der Waals surface area (Å²) >= 11 is 5.61. The number of fused-ring (bicyclic) bond motifs is 1. The van der Waals surface area contributed by atoms with Gasteiger partial charge in [-0.3, -0.25) is 9.59 Å². The lowest BCUT2D eigenvalue weighted by atomic mass is 9.76. The quantitative estimate of drug-likeness (QED) is 0.623. The lowest BCUT2D eigenvalue weighted by molar-refractivity contribution is -0.126. The number of rotatable bonds is 8. The van der Waals surface area contributed by atoms with Gasteiger partial charge in [0, 0.05) is 23.7 Å². The van der Waals surface area contributed by atoms with Crippen LogP contribution >= 0.6 is 11.6 Å². The van der Waals surface area contributed by atoms with E-state index < -0.39 is 23.0 Å². The van der Waals surface area contributed by atoms with E-state index in [-0.39, 0.29) is 53.5 Å². The van der Waals surface area contributed by atoms with Gasteiger partial charge >= 0.3 is 0 Å². The van der Waals surface area contributed by atoms with Crippen molar-refractivity contribution in [1.29, 1.82) is 0 Å². The van der Waals surface area contributed by atoms with E-state index in [1.807, 2.05) is 0 Å². The highest BCUT2D eigenvalue weighted by atomic mass is 35.5. The van der Waals surface area contributed by atoms with E-state index in [1.54, 1.807) is 0 Å². The molecule has 0 aliphatic heterocycles. The molecule has 5 rings (SSSR count). The molecule has 0 heterocycles. The lowest BCUT2D eigenvalue weighted by Gasteiger charge is -2.39. The van der Waals surface area contributed by atoms with Gasteiger partial charge in [-0.2, -0.15) is 0 Å². The summed E-state index contributed by atoms with van der Waals surface area (Å²) in [6, 6.07) is 6.86. The molecule has 0 aromatic heterocycles. The SMILES string of the molecule is O=C(COc1ccc(Cl)c(F)c1)NC1CC2(NC(=O)COc3ccc(F)c(F)c3)CC1C2. The fraction of sp³-hybridized carbons (Fsp3) is 0.364. The minimum Gasteiger partial charge on any atom is -0.484 e. The molecule has 10 heteroatoms. The molecule has 6 nitrogen and oxygen atoms in total. The molecule has 1 unspecified atom stereocenters. The van der Waals surface area contributed by atoms with Crippen molar-refractivity contribution in [2.75, 3.05) is 13.2 Å². The van der Waals surface area contributed by atoms with E-state index in [1.165, 1.54) is 18.2 Å². The van der Waals surface area contributed by atoms with Gasteiger partial charge in [-0.25, -0.2) is 13.2 Å². The fourth-order valence-electron chi connectivity index (χ4n) is 4.32. The predicted molar refractivity (Wildman–Crippen MR) is 109 cm³/mol. The Morgan fingerprint density at radius 1 is 0.906 bits per heavy atom. The second-order valence-electron chi connectivity index (χ2n) is 8.10. The Hall–Kier alpha value is -2.94. The van der Waals surface area contributed by atoms with Crippen LogP contribution in [-0.2, 0) is 9.59 Å². The number of ether oxygens (including phenoxy) is 2. The Bertz CT molecular complexity index is 1050. The molecule has 2 aromatic rings. The molecule has 0 spiro atoms. The van der Waals surface area contributed by atoms with Crippen LogP contribution in [0, 0.1) is 23.4 Å². The number of amides is 2. The molecule has 3 fully saturated rings. The van der Waals surface area contributed by atoms with E-state index in [0.29, 0.717) is 6.42 Å². The maximum absolute atomic E-state index is 13.4. The van der Waals surface area contributed by atoms with Crippen LogP contribution in [0.25, 0.3) is 0 Å². The molecular weight excluding hydrogens is 449 g/mol. The molecule has 32 heavy (non-hydrogen) atoms. The van der Waals surface area contributed by atoms with Gasteiger partial charge in [0.2, 0.25) is 0 Å². The molecule has 3 aliphatic rings. The van der Waals surface area contributed by atoms with Crippen molar-refractivity contribution in [3.63, 3.8) is 0 Å². The number of hydrogen-bond acceptors (Lipinski definition) is 4. The molecule has 0 radical (unpaired) electrons. The highest BCUT2D eigenvalue weighted by Crippen LogP contribution is 2.52. The lowest BCUT2D eigenvalue weighted by Crippen LogP contribution is -2.53. The van der Waals surface area contributed by atoms with Crippen molar-refractivity contribution in [3.05, 3.63) is 58.9 Å². The normalized spacial score (nSPS) is 23.2. The smallest absolute Gasteiger partial charge is 0.258 e. The first kappa shape index (κ1) is 22.3. The number of carbonyl (C=O) groups excluding carboxylic acids is 2. The first-order valence-electron chi connectivity index (χ1n) is 9.99. The zero-order chi connectivity index (χ0) is 22.9. The van der Waals surface area contributed by atoms with Gasteiger partial charge in [-0.15, -0.1) is 0 Å². The van der Waals surface area contributed by atoms with Crippen molar-refractivity contribution in [3.8, 4) is 11.5 Å². The van der Waals surface area contributed by atoms with Crippen molar-refractivity contribution in [2.24, 2.45) is 5.92 Å². The van der Waals surface area contributed by atoms with Gasteiger partial charge in [0.1, 0.15) is 17.3 Å². The van der Waals surface area contributed by atoms with Gasteiger partial charge in [0.05, 0.1) is 5.02 Å². The molecule has 2 bridgehead atoms. The molecule has 3 aliphatic carbocycles. The third-order valence-corrected chi connectivity index (χ3v) is 6.07. The number of hydrogen-bond donors (Lipinski definition) is 2. The summed E-state index contributed by atoms with van der Waals surface area (Å²) in [4.78, 5) is 24.4. The highest BCUT2D eigenvalue weighted by molar-refractivity contribution is 6.30. The fourth-order valence-corrected chi connectivity index (χ4v) is 4.43. The van der Waals surface area contributed by atoms with Gasteiger partial charge < -0.3 is 20.1 Å². The third-order valence-electron chi connectivity index (χ3n) is 5.76. The van der Waals surface area contributed by atoms with Crippen molar-refractivity contribution < 1.29 is 32.2 Å². The van der Waals surface area contributed by atoms with Crippen molar-refractivity contribution >= 4 is 23.4 Å². The van der Waals surface area contributed by atoms with Crippen LogP contribution in [0.15, 0.2) is 36.4 Å². The molecule has 0 saturated heterocycles. The highest BCUT2D eigenvalue weighted by Gasteiger charge is 2.57. The van der Waals surface area contributed by atoms with Crippen LogP contribution in [0.5, 0.6) is 11.5 Å². The molecule has 2 amide bonds. The maximum Gasteiger partial charge on any atom is 0.258 e. The van der Waals surface area contributed by atoms with E-state index in [0.717, 1.165) is 31.0 Å². The molecule has 2 aromatic carbocycles. The molecular formula is C22H20ClF3N2O4. The van der Waals surface area contributed by atoms with Crippen LogP contribution in [0.2, 0.25) is 5.02 Å². The average molecular weight is 469 g/mol. The second kappa shape index (κ2) is 8.90. The molecule has 1 atom stereocenters. The van der Waals surface area contributed by atoms with Crippen LogP contribution in [0.4, 0.5) is 13.2 Å². The maximum atomic E-state index is 13.4. The Balaban J connectivity index is 1.21. The number of nitrogens with one attached hydrogen (secondary N) is 2. The number of carbonyl (C=O) groups is 2. The molecule has 2 N–H and O–H groups in total. The van der Waals surface area contributed by atoms with Crippen LogP contribution in [0.1, 0.15) is 19.3 Å². The Kier molecular flexibility index (Phi) is 6.19. The monoisotopic (exact) mass is 468 g/mol. The predicted octanol–water partition coefficient (Wildman–Crippen LogP) is 3.37. The first-order chi connectivity index (χ1) is 15.2. The Morgan fingerprint density at radius 2 is 1.53 bits per heavy atom. The standard InChI is InChI=1S/C22H20ClF3N2O4/c23-15-3-1-13(5-17(15)25)31-10-20(29)27-19-9-22(7-12(19)8-22)28-21(30)11-32-14-2-4-16(24)18(26)6-14/h1-6,12,19H,7-11H2,(H,27,29)(H,28,30). The average Bonchev–Trinajstić information content (AvgIpc) is 3.23. The Labute approximate surface area is 187 Å². The van der Waals surface area contributed by atoms with Crippen molar-refractivity contribution in [2.45, 2.75) is 30.8 Å². The van der Waals surface area contributed by atoms with Gasteiger partial charge in [0.25, 0.3) is 11.8 Å². The van der Waals surface area contributed by atoms with Gasteiger partial charge in [0.15, 0.2) is 24.8 Å². The largest absolute Gasteiger partial charge is 0.484 e. The van der Waals surface area contributed by atoms with Crippen LogP contribution < -0.4 is 20.1 Å². The molecule has 3 saturated carbocycles. The minimum absolute atomic E-state index is 0.0323. The summed E-state index contributed by atoms with van der Waals surface area (Å²) in [5, 5.41) is 5.78. The summed E-state index contributed by atoms with van der Waals surface area (Å²) in [7, 11) is 0. The molecule has 170 valence electrons. The van der Waals surface area contributed by atoms with Crippen LogP contribution in [0.3, 0.4) is 0 Å². The first-order valence-corrected chi connectivity index (χ1v) is 10.4. The zero-order valence-corrected chi connectivity index (χ0v) is 17.6. The van der Waals surface area contributed by atoms with E-state index in [2.05, 4.69) is 10.6 Å². The van der Waals surface area contributed by atoms with Crippen molar-refractivity contribution in [1.82, 2.24) is 10.6 Å². The van der Waals surface area contributed by atoms with Gasteiger partial charge in [-0.05, 0) is 49.4 Å². The summed E-state index contributed by atoms with van der Waals surface area (Å²) < 4.78 is 50.1. The number of halogens is 4. The minimum atomic E-state index is -1.05. The zero-order valence-electron chi connectivity index (χ0n) is 16.8. The second-order valence-corrected chi connectivity index (χ2v) is 8.51. The summed E-state index contributed by atoms with van der Waals surface area (Å²) in [5.41, 5.74) is -0.419. The summed E-state index contributed by atoms with van der Waals surface area (Å²) in [6.45, 7) is -0.605. The third kappa shape index (κ3) is 4.93. The van der Waals surface area contributed by atoms with Crippen LogP contribution in [-0.4, -0.2) is 36.6 Å². The summed E-state index contributed by atoms with van der Waals surface area (Å²) in [6.07, 6.45) is 2.01. The van der Waals surface area contributed by atoms with Gasteiger partial charge in [-0.1, -0.05) is 11.6 Å². The summed E-state index contributed by atoms with van der Waals surface area (Å²) in [5.74, 6) is -2.92. The van der Waals surface area contributed by atoms with E-state index in [9.17, 15) is 22.8 Å². The Morgan fingerprint density at radius 3 is 2.19 bits per heavy atom. The van der Waals surface area contributed by atoms with E-state index in [4.69, 9.17) is 21.1 Å². The van der Waals surface area contributed by atoms with E-state index >= 15 is 0 Å². The number of benzene rings is 2. The topological polar surface area (TPSA) is 76.7 Å².